The highest BCUT2D eigenvalue weighted by molar-refractivity contribution is 7.10. The Labute approximate surface area is 123 Å². The molecule has 1 N–H and O–H groups in total. The second-order valence-electron chi connectivity index (χ2n) is 5.93. The summed E-state index contributed by atoms with van der Waals surface area (Å²) in [7, 11) is 0. The lowest BCUT2D eigenvalue weighted by Gasteiger charge is -2.08. The average molecular weight is 295 g/mol. The van der Waals surface area contributed by atoms with E-state index in [9.17, 15) is 9.59 Å². The molecular weight excluding hydrogens is 274 g/mol. The Balaban J connectivity index is 2.02. The van der Waals surface area contributed by atoms with Crippen LogP contribution in [-0.2, 0) is 16.0 Å². The van der Waals surface area contributed by atoms with Crippen molar-refractivity contribution in [3.63, 3.8) is 0 Å². The van der Waals surface area contributed by atoms with E-state index in [4.69, 9.17) is 4.74 Å². The van der Waals surface area contributed by atoms with Crippen LogP contribution < -0.4 is 5.32 Å². The van der Waals surface area contributed by atoms with Gasteiger partial charge in [0, 0.05) is 10.9 Å². The summed E-state index contributed by atoms with van der Waals surface area (Å²) in [5, 5.41) is 4.91. The monoisotopic (exact) mass is 295 g/mol. The standard InChI is InChI=1S/C15H21NO3S/c1-5-19-14(18)13-9(2)8-20-10(13)6-12(17)16-11-7-15(11,3)4/h8,11H,5-7H2,1-4H3,(H,16,17). The fourth-order valence-corrected chi connectivity index (χ4v) is 3.22. The van der Waals surface area contributed by atoms with Crippen LogP contribution in [0, 0.1) is 12.3 Å². The maximum atomic E-state index is 12.0. The Kier molecular flexibility index (Phi) is 4.18. The van der Waals surface area contributed by atoms with Gasteiger partial charge in [-0.1, -0.05) is 13.8 Å². The van der Waals surface area contributed by atoms with Gasteiger partial charge in [-0.15, -0.1) is 11.3 Å². The lowest BCUT2D eigenvalue weighted by Crippen LogP contribution is -2.30. The molecule has 0 aliphatic heterocycles. The SMILES string of the molecule is CCOC(=O)c1c(C)csc1CC(=O)NC1CC1(C)C. The van der Waals surface area contributed by atoms with Gasteiger partial charge in [-0.25, -0.2) is 4.79 Å². The van der Waals surface area contributed by atoms with E-state index in [0.29, 0.717) is 12.2 Å². The first-order chi connectivity index (χ1) is 9.35. The zero-order chi connectivity index (χ0) is 14.9. The number of carbonyl (C=O) groups excluding carboxylic acids is 2. The number of amides is 1. The van der Waals surface area contributed by atoms with Gasteiger partial charge in [0.2, 0.25) is 5.91 Å². The van der Waals surface area contributed by atoms with Crippen LogP contribution in [0.25, 0.3) is 0 Å². The predicted octanol–water partition coefficient (Wildman–Crippen LogP) is 2.69. The van der Waals surface area contributed by atoms with Gasteiger partial charge in [-0.05, 0) is 36.6 Å². The summed E-state index contributed by atoms with van der Waals surface area (Å²) in [6.45, 7) is 8.26. The van der Waals surface area contributed by atoms with Gasteiger partial charge in [0.1, 0.15) is 0 Å². The molecule has 1 atom stereocenters. The molecule has 1 aliphatic rings. The van der Waals surface area contributed by atoms with E-state index >= 15 is 0 Å². The Bertz CT molecular complexity index is 533. The van der Waals surface area contributed by atoms with E-state index in [-0.39, 0.29) is 29.8 Å². The van der Waals surface area contributed by atoms with Gasteiger partial charge < -0.3 is 10.1 Å². The van der Waals surface area contributed by atoms with Crippen LogP contribution in [0.3, 0.4) is 0 Å². The molecule has 1 amide bonds. The summed E-state index contributed by atoms with van der Waals surface area (Å²) in [6, 6.07) is 0.266. The molecule has 1 aliphatic carbocycles. The molecule has 0 bridgehead atoms. The number of thiophene rings is 1. The van der Waals surface area contributed by atoms with Crippen molar-refractivity contribution < 1.29 is 14.3 Å². The largest absolute Gasteiger partial charge is 0.462 e. The van der Waals surface area contributed by atoms with Gasteiger partial charge >= 0.3 is 5.97 Å². The second kappa shape index (κ2) is 5.56. The van der Waals surface area contributed by atoms with Crippen LogP contribution in [-0.4, -0.2) is 24.5 Å². The van der Waals surface area contributed by atoms with E-state index in [1.54, 1.807) is 6.92 Å². The maximum absolute atomic E-state index is 12.0. The first kappa shape index (κ1) is 15.0. The zero-order valence-electron chi connectivity index (χ0n) is 12.4. The Morgan fingerprint density at radius 1 is 1.50 bits per heavy atom. The third kappa shape index (κ3) is 3.20. The predicted molar refractivity (Wildman–Crippen MR) is 79.0 cm³/mol. The number of nitrogens with one attached hydrogen (secondary N) is 1. The Morgan fingerprint density at radius 3 is 2.70 bits per heavy atom. The van der Waals surface area contributed by atoms with E-state index in [2.05, 4.69) is 19.2 Å². The van der Waals surface area contributed by atoms with Gasteiger partial charge in [0.25, 0.3) is 0 Å². The first-order valence-electron chi connectivity index (χ1n) is 6.88. The molecule has 0 spiro atoms. The van der Waals surface area contributed by atoms with E-state index in [1.165, 1.54) is 11.3 Å². The van der Waals surface area contributed by atoms with Crippen molar-refractivity contribution in [2.75, 3.05) is 6.61 Å². The fourth-order valence-electron chi connectivity index (χ4n) is 2.21. The molecule has 20 heavy (non-hydrogen) atoms. The van der Waals surface area contributed by atoms with Gasteiger partial charge in [-0.3, -0.25) is 4.79 Å². The summed E-state index contributed by atoms with van der Waals surface area (Å²) < 4.78 is 5.05. The van der Waals surface area contributed by atoms with Crippen molar-refractivity contribution in [2.24, 2.45) is 5.41 Å². The van der Waals surface area contributed by atoms with Crippen molar-refractivity contribution in [3.05, 3.63) is 21.4 Å². The molecule has 0 saturated heterocycles. The second-order valence-corrected chi connectivity index (χ2v) is 6.89. The first-order valence-corrected chi connectivity index (χ1v) is 7.76. The van der Waals surface area contributed by atoms with Crippen molar-refractivity contribution in [1.29, 1.82) is 0 Å². The highest BCUT2D eigenvalue weighted by Gasteiger charge is 2.46. The molecular formula is C15H21NO3S. The molecule has 5 heteroatoms. The number of carbonyl (C=O) groups is 2. The highest BCUT2D eigenvalue weighted by Crippen LogP contribution is 2.44. The van der Waals surface area contributed by atoms with Crippen molar-refractivity contribution in [1.82, 2.24) is 5.32 Å². The number of aryl methyl sites for hydroxylation is 1. The minimum Gasteiger partial charge on any atom is -0.462 e. The summed E-state index contributed by atoms with van der Waals surface area (Å²) in [6.07, 6.45) is 1.27. The molecule has 0 aromatic carbocycles. The molecule has 4 nitrogen and oxygen atoms in total. The Hall–Kier alpha value is -1.36. The summed E-state index contributed by atoms with van der Waals surface area (Å²) >= 11 is 1.44. The van der Waals surface area contributed by atoms with E-state index < -0.39 is 0 Å². The summed E-state index contributed by atoms with van der Waals surface area (Å²) in [5.41, 5.74) is 1.65. The van der Waals surface area contributed by atoms with Crippen molar-refractivity contribution >= 4 is 23.2 Å². The fraction of sp³-hybridized carbons (Fsp3) is 0.600. The topological polar surface area (TPSA) is 55.4 Å². The van der Waals surface area contributed by atoms with Crippen molar-refractivity contribution in [2.45, 2.75) is 46.6 Å². The number of hydrogen-bond acceptors (Lipinski definition) is 4. The molecule has 1 fully saturated rings. The van der Waals surface area contributed by atoms with Crippen LogP contribution in [0.4, 0.5) is 0 Å². The smallest absolute Gasteiger partial charge is 0.339 e. The highest BCUT2D eigenvalue weighted by atomic mass is 32.1. The lowest BCUT2D eigenvalue weighted by molar-refractivity contribution is -0.120. The summed E-state index contributed by atoms with van der Waals surface area (Å²) in [4.78, 5) is 24.7. The summed E-state index contributed by atoms with van der Waals surface area (Å²) in [5.74, 6) is -0.353. The van der Waals surface area contributed by atoms with Crippen LogP contribution in [0.15, 0.2) is 5.38 Å². The zero-order valence-corrected chi connectivity index (χ0v) is 13.2. The normalized spacial score (nSPS) is 19.5. The molecule has 0 radical (unpaired) electrons. The minimum absolute atomic E-state index is 0.0204. The third-order valence-corrected chi connectivity index (χ3v) is 4.80. The number of rotatable bonds is 5. The molecule has 1 unspecified atom stereocenters. The van der Waals surface area contributed by atoms with Gasteiger partial charge in [-0.2, -0.15) is 0 Å². The van der Waals surface area contributed by atoms with Gasteiger partial charge in [0.15, 0.2) is 0 Å². The van der Waals surface area contributed by atoms with Crippen LogP contribution in [0.1, 0.15) is 48.0 Å². The lowest BCUT2D eigenvalue weighted by atomic mass is 10.1. The quantitative estimate of drug-likeness (QED) is 0.850. The number of esters is 1. The average Bonchev–Trinajstić information content (AvgIpc) is 2.77. The number of ether oxygens (including phenoxy) is 1. The third-order valence-electron chi connectivity index (χ3n) is 3.70. The van der Waals surface area contributed by atoms with Crippen LogP contribution in [0.5, 0.6) is 0 Å². The molecule has 2 rings (SSSR count). The molecule has 1 aromatic rings. The van der Waals surface area contributed by atoms with E-state index in [1.807, 2.05) is 12.3 Å². The molecule has 1 saturated carbocycles. The van der Waals surface area contributed by atoms with Crippen LogP contribution >= 0.6 is 11.3 Å². The molecule has 110 valence electrons. The molecule has 1 aromatic heterocycles. The maximum Gasteiger partial charge on any atom is 0.339 e. The van der Waals surface area contributed by atoms with Crippen molar-refractivity contribution in [3.8, 4) is 0 Å². The molecule has 1 heterocycles. The van der Waals surface area contributed by atoms with Gasteiger partial charge in [0.05, 0.1) is 18.6 Å². The number of hydrogen-bond donors (Lipinski definition) is 1. The minimum atomic E-state index is -0.333. The Morgan fingerprint density at radius 2 is 2.15 bits per heavy atom. The van der Waals surface area contributed by atoms with Crippen LogP contribution in [0.2, 0.25) is 0 Å². The van der Waals surface area contributed by atoms with E-state index in [0.717, 1.165) is 16.9 Å².